The minimum atomic E-state index is -1.15. The van der Waals surface area contributed by atoms with Crippen LogP contribution in [0.2, 0.25) is 0 Å². The Morgan fingerprint density at radius 2 is 1.92 bits per heavy atom. The second-order valence-corrected chi connectivity index (χ2v) is 5.48. The summed E-state index contributed by atoms with van der Waals surface area (Å²) in [5, 5.41) is 36.0. The Labute approximate surface area is 137 Å². The molecule has 1 unspecified atom stereocenters. The molecule has 0 saturated heterocycles. The normalized spacial score (nSPS) is 18.5. The Bertz CT molecular complexity index is 808. The number of carboxylic acids is 1. The molecule has 0 radical (unpaired) electrons. The van der Waals surface area contributed by atoms with Crippen molar-refractivity contribution in [3.8, 4) is 0 Å². The van der Waals surface area contributed by atoms with Crippen LogP contribution >= 0.6 is 0 Å². The summed E-state index contributed by atoms with van der Waals surface area (Å²) in [7, 11) is 0. The lowest BCUT2D eigenvalue weighted by molar-refractivity contribution is -0.384. The summed E-state index contributed by atoms with van der Waals surface area (Å²) in [4.78, 5) is 22.3. The molecule has 1 aliphatic heterocycles. The summed E-state index contributed by atoms with van der Waals surface area (Å²) >= 11 is 0. The van der Waals surface area contributed by atoms with Gasteiger partial charge in [0.1, 0.15) is 0 Å². The molecule has 0 saturated carbocycles. The number of rotatable bonds is 4. The summed E-state index contributed by atoms with van der Waals surface area (Å²) < 4.78 is 0. The Morgan fingerprint density at radius 3 is 2.46 bits per heavy atom. The number of dihydropyridines is 1. The summed E-state index contributed by atoms with van der Waals surface area (Å²) in [5.41, 5.74) is 2.14. The largest absolute Gasteiger partial charge is 0.478 e. The fraction of sp³-hybridized carbons (Fsp3) is 0.250. The molecule has 0 aliphatic carbocycles. The summed E-state index contributed by atoms with van der Waals surface area (Å²) in [5.74, 6) is -1.92. The van der Waals surface area contributed by atoms with Crippen LogP contribution in [0, 0.1) is 10.1 Å². The molecule has 1 aromatic rings. The van der Waals surface area contributed by atoms with E-state index in [0.29, 0.717) is 22.5 Å². The van der Waals surface area contributed by atoms with E-state index in [1.54, 1.807) is 26.8 Å². The van der Waals surface area contributed by atoms with Gasteiger partial charge in [-0.05, 0) is 26.3 Å². The molecular formula is C16H17N3O5. The van der Waals surface area contributed by atoms with E-state index in [9.17, 15) is 20.0 Å². The molecule has 0 bridgehead atoms. The standard InChI is InChI=1S/C16H17N3O5/c1-8-13(10(3)18-22)15(14(16(20)21)9(2)17-8)11-5-4-6-12(7-11)19(23)24/h4-7,15,17,22H,1-3H3,(H,20,21). The average Bonchev–Trinajstić information content (AvgIpc) is 2.53. The maximum atomic E-state index is 11.8. The van der Waals surface area contributed by atoms with Crippen LogP contribution in [0.25, 0.3) is 0 Å². The number of aliphatic carboxylic acids is 1. The highest BCUT2D eigenvalue weighted by atomic mass is 16.6. The lowest BCUT2D eigenvalue weighted by atomic mass is 9.78. The SMILES string of the molecule is CC(=NO)C1=C(C)NC(C)=C(C(=O)O)C1c1cccc([N+](=O)[O-])c1. The number of nitro benzene ring substituents is 1. The smallest absolute Gasteiger partial charge is 0.334 e. The van der Waals surface area contributed by atoms with E-state index in [2.05, 4.69) is 10.5 Å². The van der Waals surface area contributed by atoms with Gasteiger partial charge in [0.05, 0.1) is 16.2 Å². The van der Waals surface area contributed by atoms with Gasteiger partial charge in [0.25, 0.3) is 5.69 Å². The molecule has 0 fully saturated rings. The van der Waals surface area contributed by atoms with Gasteiger partial charge in [0, 0.05) is 35.0 Å². The molecular weight excluding hydrogens is 314 g/mol. The van der Waals surface area contributed by atoms with Crippen LogP contribution < -0.4 is 5.32 Å². The molecule has 1 aliphatic rings. The van der Waals surface area contributed by atoms with Crippen molar-refractivity contribution in [2.45, 2.75) is 26.7 Å². The van der Waals surface area contributed by atoms with E-state index in [0.717, 1.165) is 0 Å². The number of non-ortho nitro benzene ring substituents is 1. The number of hydrogen-bond acceptors (Lipinski definition) is 6. The van der Waals surface area contributed by atoms with Crippen molar-refractivity contribution in [2.75, 3.05) is 0 Å². The molecule has 1 atom stereocenters. The molecule has 126 valence electrons. The lowest BCUT2D eigenvalue weighted by Gasteiger charge is -2.30. The Morgan fingerprint density at radius 1 is 1.29 bits per heavy atom. The number of nitrogens with one attached hydrogen (secondary N) is 1. The van der Waals surface area contributed by atoms with E-state index in [-0.39, 0.29) is 17.0 Å². The first-order valence-electron chi connectivity index (χ1n) is 7.13. The van der Waals surface area contributed by atoms with Gasteiger partial charge < -0.3 is 15.6 Å². The van der Waals surface area contributed by atoms with Gasteiger partial charge in [0.2, 0.25) is 0 Å². The zero-order chi connectivity index (χ0) is 18.0. The minimum Gasteiger partial charge on any atom is -0.478 e. The van der Waals surface area contributed by atoms with E-state index in [1.807, 2.05) is 0 Å². The average molecular weight is 331 g/mol. The fourth-order valence-corrected chi connectivity index (χ4v) is 2.96. The van der Waals surface area contributed by atoms with Crippen molar-refractivity contribution in [3.63, 3.8) is 0 Å². The predicted octanol–water partition coefficient (Wildman–Crippen LogP) is 2.76. The molecule has 1 aromatic carbocycles. The van der Waals surface area contributed by atoms with Crippen LogP contribution in [0.5, 0.6) is 0 Å². The predicted molar refractivity (Wildman–Crippen MR) is 86.9 cm³/mol. The summed E-state index contributed by atoms with van der Waals surface area (Å²) in [6, 6.07) is 5.80. The van der Waals surface area contributed by atoms with Crippen molar-refractivity contribution < 1.29 is 20.0 Å². The van der Waals surface area contributed by atoms with Gasteiger partial charge in [-0.15, -0.1) is 0 Å². The molecule has 8 nitrogen and oxygen atoms in total. The molecule has 0 spiro atoms. The van der Waals surface area contributed by atoms with Crippen molar-refractivity contribution in [2.24, 2.45) is 5.16 Å². The zero-order valence-electron chi connectivity index (χ0n) is 13.4. The van der Waals surface area contributed by atoms with Crippen molar-refractivity contribution >= 4 is 17.4 Å². The van der Waals surface area contributed by atoms with E-state index in [4.69, 9.17) is 5.21 Å². The Kier molecular flexibility index (Phi) is 4.68. The molecule has 2 rings (SSSR count). The van der Waals surface area contributed by atoms with Crippen molar-refractivity contribution in [1.82, 2.24) is 5.32 Å². The maximum absolute atomic E-state index is 11.8. The maximum Gasteiger partial charge on any atom is 0.334 e. The van der Waals surface area contributed by atoms with Crippen LogP contribution in [0.4, 0.5) is 5.69 Å². The highest BCUT2D eigenvalue weighted by molar-refractivity contribution is 6.04. The van der Waals surface area contributed by atoms with Gasteiger partial charge in [-0.25, -0.2) is 4.79 Å². The Hall–Kier alpha value is -3.16. The second-order valence-electron chi connectivity index (χ2n) is 5.48. The monoisotopic (exact) mass is 331 g/mol. The molecule has 8 heteroatoms. The highest BCUT2D eigenvalue weighted by Crippen LogP contribution is 2.39. The van der Waals surface area contributed by atoms with E-state index < -0.39 is 16.8 Å². The van der Waals surface area contributed by atoms with Crippen LogP contribution in [0.3, 0.4) is 0 Å². The number of hydrogen-bond donors (Lipinski definition) is 3. The van der Waals surface area contributed by atoms with Gasteiger partial charge in [-0.1, -0.05) is 17.3 Å². The van der Waals surface area contributed by atoms with Gasteiger partial charge in [-0.3, -0.25) is 10.1 Å². The van der Waals surface area contributed by atoms with Gasteiger partial charge in [-0.2, -0.15) is 0 Å². The van der Waals surface area contributed by atoms with Crippen LogP contribution in [-0.4, -0.2) is 26.9 Å². The summed E-state index contributed by atoms with van der Waals surface area (Å²) in [6.45, 7) is 4.90. The minimum absolute atomic E-state index is 0.0547. The van der Waals surface area contributed by atoms with Crippen molar-refractivity contribution in [1.29, 1.82) is 0 Å². The third kappa shape index (κ3) is 2.98. The fourth-order valence-electron chi connectivity index (χ4n) is 2.96. The van der Waals surface area contributed by atoms with Gasteiger partial charge in [0.15, 0.2) is 0 Å². The van der Waals surface area contributed by atoms with Crippen LogP contribution in [0.15, 0.2) is 52.0 Å². The third-order valence-corrected chi connectivity index (χ3v) is 3.94. The van der Waals surface area contributed by atoms with Crippen LogP contribution in [0.1, 0.15) is 32.3 Å². The van der Waals surface area contributed by atoms with Crippen LogP contribution in [-0.2, 0) is 4.79 Å². The number of nitrogens with zero attached hydrogens (tertiary/aromatic N) is 2. The number of benzene rings is 1. The third-order valence-electron chi connectivity index (χ3n) is 3.94. The highest BCUT2D eigenvalue weighted by Gasteiger charge is 2.35. The number of carboxylic acid groups (broad SMARTS) is 1. The topological polar surface area (TPSA) is 125 Å². The molecule has 0 aromatic heterocycles. The molecule has 24 heavy (non-hydrogen) atoms. The first kappa shape index (κ1) is 17.2. The Balaban J connectivity index is 2.74. The quantitative estimate of drug-likeness (QED) is 0.337. The first-order chi connectivity index (χ1) is 11.3. The number of oxime groups is 1. The molecule has 1 heterocycles. The number of allylic oxidation sites excluding steroid dienone is 3. The number of carbonyl (C=O) groups is 1. The van der Waals surface area contributed by atoms with Gasteiger partial charge >= 0.3 is 5.97 Å². The van der Waals surface area contributed by atoms with E-state index >= 15 is 0 Å². The van der Waals surface area contributed by atoms with Crippen molar-refractivity contribution in [3.05, 3.63) is 62.5 Å². The molecule has 0 amide bonds. The summed E-state index contributed by atoms with van der Waals surface area (Å²) in [6.07, 6.45) is 0. The first-order valence-corrected chi connectivity index (χ1v) is 7.13. The zero-order valence-corrected chi connectivity index (χ0v) is 13.4. The van der Waals surface area contributed by atoms with E-state index in [1.165, 1.54) is 18.2 Å². The lowest BCUT2D eigenvalue weighted by Crippen LogP contribution is -2.30. The number of nitro groups is 1. The molecule has 3 N–H and O–H groups in total. The second kappa shape index (κ2) is 6.53.